The zero-order valence-electron chi connectivity index (χ0n) is 14.0. The second-order valence-corrected chi connectivity index (χ2v) is 6.68. The minimum absolute atomic E-state index is 0.912. The summed E-state index contributed by atoms with van der Waals surface area (Å²) in [6.45, 7) is 8.65. The maximum absolute atomic E-state index is 5.48. The van der Waals surface area contributed by atoms with E-state index < -0.39 is 0 Å². The number of piperazine rings is 1. The van der Waals surface area contributed by atoms with Gasteiger partial charge in [0.15, 0.2) is 0 Å². The van der Waals surface area contributed by atoms with Crippen molar-refractivity contribution in [3.63, 3.8) is 0 Å². The zero-order valence-corrected chi connectivity index (χ0v) is 15.8. The molecule has 1 saturated heterocycles. The number of anilines is 1. The van der Waals surface area contributed by atoms with E-state index in [9.17, 15) is 0 Å². The lowest BCUT2D eigenvalue weighted by atomic mass is 10.2. The fourth-order valence-electron chi connectivity index (χ4n) is 3.00. The summed E-state index contributed by atoms with van der Waals surface area (Å²) in [5, 5.41) is 0. The van der Waals surface area contributed by atoms with Gasteiger partial charge in [-0.2, -0.15) is 25.3 Å². The van der Waals surface area contributed by atoms with E-state index >= 15 is 0 Å². The summed E-state index contributed by atoms with van der Waals surface area (Å²) in [7, 11) is 1.74. The summed E-state index contributed by atoms with van der Waals surface area (Å²) in [4.78, 5) is 7.43. The van der Waals surface area contributed by atoms with Gasteiger partial charge in [0.25, 0.3) is 0 Å². The van der Waals surface area contributed by atoms with E-state index in [0.29, 0.717) is 0 Å². The molecule has 23 heavy (non-hydrogen) atoms. The first kappa shape index (κ1) is 18.8. The van der Waals surface area contributed by atoms with Crippen LogP contribution in [0.5, 0.6) is 5.75 Å². The summed E-state index contributed by atoms with van der Waals surface area (Å²) >= 11 is 8.69. The summed E-state index contributed by atoms with van der Waals surface area (Å²) in [6, 6.07) is 8.29. The second kappa shape index (κ2) is 10.3. The molecular formula is C17H29N3OS2. The Hall–Kier alpha value is -0.560. The third-order valence-corrected chi connectivity index (χ3v) is 4.76. The predicted octanol–water partition coefficient (Wildman–Crippen LogP) is 1.98. The first-order valence-corrected chi connectivity index (χ1v) is 9.59. The molecule has 0 atom stereocenters. The monoisotopic (exact) mass is 355 g/mol. The van der Waals surface area contributed by atoms with Gasteiger partial charge in [-0.25, -0.2) is 0 Å². The Kier molecular flexibility index (Phi) is 8.44. The zero-order chi connectivity index (χ0) is 16.5. The van der Waals surface area contributed by atoms with E-state index in [4.69, 9.17) is 4.74 Å². The minimum atomic E-state index is 0.912. The second-order valence-electron chi connectivity index (χ2n) is 5.79. The Bertz CT molecular complexity index is 447. The lowest BCUT2D eigenvalue weighted by Crippen LogP contribution is -2.48. The van der Waals surface area contributed by atoms with Gasteiger partial charge in [0, 0.05) is 63.9 Å². The SMILES string of the molecule is COc1ccccc1N1CCN(CCN(CCS)CCS)CC1. The molecule has 4 nitrogen and oxygen atoms in total. The van der Waals surface area contributed by atoms with E-state index in [-0.39, 0.29) is 0 Å². The number of nitrogens with zero attached hydrogens (tertiary/aromatic N) is 3. The molecule has 0 aromatic heterocycles. The molecule has 1 aliphatic rings. The van der Waals surface area contributed by atoms with Gasteiger partial charge < -0.3 is 14.5 Å². The number of benzene rings is 1. The largest absolute Gasteiger partial charge is 0.495 e. The first-order chi connectivity index (χ1) is 11.3. The van der Waals surface area contributed by atoms with E-state index in [1.807, 2.05) is 12.1 Å². The number of ether oxygens (including phenoxy) is 1. The van der Waals surface area contributed by atoms with Crippen molar-refractivity contribution < 1.29 is 4.74 Å². The molecule has 0 unspecified atom stereocenters. The fraction of sp³-hybridized carbons (Fsp3) is 0.647. The number of hydrogen-bond donors (Lipinski definition) is 2. The minimum Gasteiger partial charge on any atom is -0.495 e. The van der Waals surface area contributed by atoms with Crippen LogP contribution in [0, 0.1) is 0 Å². The van der Waals surface area contributed by atoms with Gasteiger partial charge in [-0.05, 0) is 12.1 Å². The number of methoxy groups -OCH3 is 1. The molecule has 6 heteroatoms. The highest BCUT2D eigenvalue weighted by Crippen LogP contribution is 2.28. The van der Waals surface area contributed by atoms with Gasteiger partial charge in [0.05, 0.1) is 12.8 Å². The van der Waals surface area contributed by atoms with Gasteiger partial charge in [-0.1, -0.05) is 12.1 Å². The molecule has 0 bridgehead atoms. The summed E-state index contributed by atoms with van der Waals surface area (Å²) < 4.78 is 5.48. The molecule has 1 heterocycles. The van der Waals surface area contributed by atoms with Crippen LogP contribution in [0.15, 0.2) is 24.3 Å². The summed E-state index contributed by atoms with van der Waals surface area (Å²) in [5.74, 6) is 2.79. The molecule has 0 amide bonds. The average Bonchev–Trinajstić information content (AvgIpc) is 2.60. The Morgan fingerprint density at radius 3 is 2.26 bits per heavy atom. The van der Waals surface area contributed by atoms with Gasteiger partial charge in [0.1, 0.15) is 5.75 Å². The van der Waals surface area contributed by atoms with E-state index in [2.05, 4.69) is 52.1 Å². The Morgan fingerprint density at radius 2 is 1.65 bits per heavy atom. The van der Waals surface area contributed by atoms with Crippen molar-refractivity contribution in [1.82, 2.24) is 9.80 Å². The van der Waals surface area contributed by atoms with Crippen LogP contribution in [0.2, 0.25) is 0 Å². The van der Waals surface area contributed by atoms with Crippen molar-refractivity contribution >= 4 is 30.9 Å². The number of rotatable bonds is 9. The third-order valence-electron chi connectivity index (χ3n) is 4.36. The van der Waals surface area contributed by atoms with E-state index in [0.717, 1.165) is 69.6 Å². The molecule has 0 N–H and O–H groups in total. The molecule has 1 fully saturated rings. The molecule has 0 aliphatic carbocycles. The Balaban J connectivity index is 1.79. The van der Waals surface area contributed by atoms with Gasteiger partial charge >= 0.3 is 0 Å². The van der Waals surface area contributed by atoms with Gasteiger partial charge in [-0.3, -0.25) is 4.90 Å². The highest BCUT2D eigenvalue weighted by Gasteiger charge is 2.19. The van der Waals surface area contributed by atoms with Crippen LogP contribution in [0.25, 0.3) is 0 Å². The van der Waals surface area contributed by atoms with Crippen molar-refractivity contribution in [3.05, 3.63) is 24.3 Å². The number of thiol groups is 2. The van der Waals surface area contributed by atoms with Crippen molar-refractivity contribution in [2.24, 2.45) is 0 Å². The van der Waals surface area contributed by atoms with Crippen LogP contribution in [0.3, 0.4) is 0 Å². The molecule has 1 aliphatic heterocycles. The van der Waals surface area contributed by atoms with Gasteiger partial charge in [-0.15, -0.1) is 0 Å². The molecule has 1 aromatic carbocycles. The Morgan fingerprint density at radius 1 is 1.00 bits per heavy atom. The Labute approximate surface area is 151 Å². The van der Waals surface area contributed by atoms with Crippen molar-refractivity contribution in [1.29, 1.82) is 0 Å². The highest BCUT2D eigenvalue weighted by molar-refractivity contribution is 7.80. The normalized spacial score (nSPS) is 16.1. The van der Waals surface area contributed by atoms with Crippen LogP contribution < -0.4 is 9.64 Å². The van der Waals surface area contributed by atoms with Crippen LogP contribution in [-0.4, -0.2) is 80.8 Å². The standard InChI is InChI=1S/C17H29N3OS2/c1-21-17-5-3-2-4-16(17)20-10-8-18(9-11-20)6-7-19(12-14-22)13-15-23/h2-5,22-23H,6-15H2,1H3. The third kappa shape index (κ3) is 5.78. The predicted molar refractivity (Wildman–Crippen MR) is 106 cm³/mol. The molecule has 0 spiro atoms. The van der Waals surface area contributed by atoms with Crippen LogP contribution in [-0.2, 0) is 0 Å². The van der Waals surface area contributed by atoms with Crippen molar-refractivity contribution in [3.8, 4) is 5.75 Å². The molecular weight excluding hydrogens is 326 g/mol. The number of hydrogen-bond acceptors (Lipinski definition) is 6. The first-order valence-electron chi connectivity index (χ1n) is 8.33. The maximum Gasteiger partial charge on any atom is 0.142 e. The maximum atomic E-state index is 5.48. The molecule has 0 saturated carbocycles. The molecule has 0 radical (unpaired) electrons. The van der Waals surface area contributed by atoms with E-state index in [1.165, 1.54) is 5.69 Å². The fourth-order valence-corrected chi connectivity index (χ4v) is 3.57. The molecule has 130 valence electrons. The van der Waals surface area contributed by atoms with Crippen molar-refractivity contribution in [2.75, 3.05) is 75.9 Å². The summed E-state index contributed by atoms with van der Waals surface area (Å²) in [5.41, 5.74) is 1.21. The molecule has 2 rings (SSSR count). The highest BCUT2D eigenvalue weighted by atomic mass is 32.1. The molecule has 1 aromatic rings. The lowest BCUT2D eigenvalue weighted by Gasteiger charge is -2.37. The van der Waals surface area contributed by atoms with E-state index in [1.54, 1.807) is 7.11 Å². The van der Waals surface area contributed by atoms with Gasteiger partial charge in [0.2, 0.25) is 0 Å². The average molecular weight is 356 g/mol. The van der Waals surface area contributed by atoms with Crippen LogP contribution in [0.1, 0.15) is 0 Å². The lowest BCUT2D eigenvalue weighted by molar-refractivity contribution is 0.207. The summed E-state index contributed by atoms with van der Waals surface area (Å²) in [6.07, 6.45) is 0. The number of para-hydroxylation sites is 2. The topological polar surface area (TPSA) is 19.0 Å². The van der Waals surface area contributed by atoms with Crippen molar-refractivity contribution in [2.45, 2.75) is 0 Å². The quantitative estimate of drug-likeness (QED) is 0.660. The van der Waals surface area contributed by atoms with Crippen LogP contribution >= 0.6 is 25.3 Å². The van der Waals surface area contributed by atoms with Crippen LogP contribution in [0.4, 0.5) is 5.69 Å². The smallest absolute Gasteiger partial charge is 0.142 e.